The second-order valence-electron chi connectivity index (χ2n) is 7.21. The number of benzene rings is 1. The van der Waals surface area contributed by atoms with Crippen molar-refractivity contribution in [2.75, 3.05) is 10.2 Å². The number of anilines is 2. The molecule has 0 saturated heterocycles. The van der Waals surface area contributed by atoms with Crippen LogP contribution in [0.2, 0.25) is 0 Å². The van der Waals surface area contributed by atoms with Gasteiger partial charge in [-0.3, -0.25) is 9.78 Å². The van der Waals surface area contributed by atoms with Crippen LogP contribution in [0, 0.1) is 0 Å². The third kappa shape index (κ3) is 4.23. The van der Waals surface area contributed by atoms with E-state index in [2.05, 4.69) is 39.0 Å². The number of fused-ring (bicyclic) bond motifs is 1. The summed E-state index contributed by atoms with van der Waals surface area (Å²) in [5.41, 5.74) is 5.05. The van der Waals surface area contributed by atoms with Crippen LogP contribution in [0.4, 0.5) is 11.4 Å². The average Bonchev–Trinajstić information content (AvgIpc) is 3.17. The fourth-order valence-electron chi connectivity index (χ4n) is 3.27. The van der Waals surface area contributed by atoms with Crippen molar-refractivity contribution < 1.29 is 9.35 Å². The third-order valence-corrected chi connectivity index (χ3v) is 5.23. The molecule has 3 aromatic rings. The molecule has 0 saturated carbocycles. The van der Waals surface area contributed by atoms with Crippen LogP contribution < -0.4 is 10.2 Å². The number of nitrogens with one attached hydrogen (secondary N) is 1. The molecule has 0 bridgehead atoms. The molecule has 4 rings (SSSR count). The van der Waals surface area contributed by atoms with Gasteiger partial charge in [-0.1, -0.05) is 26.0 Å². The summed E-state index contributed by atoms with van der Waals surface area (Å²) in [5, 5.41) is 3.27. The lowest BCUT2D eigenvalue weighted by Gasteiger charge is -2.17. The van der Waals surface area contributed by atoms with Gasteiger partial charge in [0.1, 0.15) is 5.69 Å². The molecule has 148 valence electrons. The van der Waals surface area contributed by atoms with Gasteiger partial charge >= 0.3 is 0 Å². The molecule has 3 heterocycles. The first-order valence-electron chi connectivity index (χ1n) is 9.32. The van der Waals surface area contributed by atoms with E-state index in [0.29, 0.717) is 41.9 Å². The zero-order valence-corrected chi connectivity index (χ0v) is 17.0. The molecule has 1 amide bonds. The van der Waals surface area contributed by atoms with Crippen molar-refractivity contribution in [2.24, 2.45) is 0 Å². The van der Waals surface area contributed by atoms with E-state index in [1.165, 1.54) is 5.56 Å². The minimum Gasteiger partial charge on any atom is -0.361 e. The third-order valence-electron chi connectivity index (χ3n) is 4.87. The normalized spacial score (nSPS) is 12.9. The minimum absolute atomic E-state index is 0.247. The second kappa shape index (κ2) is 8.18. The number of amides is 1. The first kappa shape index (κ1) is 19.4. The molecule has 8 heteroatoms. The second-order valence-corrected chi connectivity index (χ2v) is 7.75. The van der Waals surface area contributed by atoms with E-state index in [4.69, 9.17) is 4.55 Å². The Morgan fingerprint density at radius 2 is 2.07 bits per heavy atom. The maximum absolute atomic E-state index is 12.7. The molecule has 0 unspecified atom stereocenters. The number of carbonyl (C=O) groups excluding carboxylic acids is 1. The van der Waals surface area contributed by atoms with Gasteiger partial charge in [-0.25, -0.2) is 9.97 Å². The molecule has 7 nitrogen and oxygen atoms in total. The van der Waals surface area contributed by atoms with Gasteiger partial charge in [0, 0.05) is 35.9 Å². The maximum Gasteiger partial charge on any atom is 0.274 e. The number of hydrogen-bond acceptors (Lipinski definition) is 7. The van der Waals surface area contributed by atoms with Gasteiger partial charge in [-0.2, -0.15) is 0 Å². The van der Waals surface area contributed by atoms with Gasteiger partial charge in [0.2, 0.25) is 5.16 Å². The van der Waals surface area contributed by atoms with Crippen molar-refractivity contribution in [1.29, 1.82) is 0 Å². The molecule has 0 radical (unpaired) electrons. The van der Waals surface area contributed by atoms with E-state index in [1.54, 1.807) is 18.5 Å². The molecule has 2 N–H and O–H groups in total. The first-order valence-corrected chi connectivity index (χ1v) is 10.1. The van der Waals surface area contributed by atoms with E-state index in [9.17, 15) is 4.79 Å². The molecule has 0 aliphatic carbocycles. The average molecular weight is 407 g/mol. The monoisotopic (exact) mass is 407 g/mol. The molecular formula is C21H21N5O2S. The molecule has 2 aromatic heterocycles. The Kier molecular flexibility index (Phi) is 5.46. The van der Waals surface area contributed by atoms with Gasteiger partial charge in [0.05, 0.1) is 24.3 Å². The summed E-state index contributed by atoms with van der Waals surface area (Å²) in [6.45, 7) is 5.47. The molecule has 29 heavy (non-hydrogen) atoms. The predicted molar refractivity (Wildman–Crippen MR) is 113 cm³/mol. The van der Waals surface area contributed by atoms with Gasteiger partial charge in [0.25, 0.3) is 5.91 Å². The van der Waals surface area contributed by atoms with Crippen LogP contribution in [0.3, 0.4) is 0 Å². The topological polar surface area (TPSA) is 91.2 Å². The summed E-state index contributed by atoms with van der Waals surface area (Å²) < 4.78 is 9.14. The Hall–Kier alpha value is -2.97. The van der Waals surface area contributed by atoms with Crippen LogP contribution >= 0.6 is 12.0 Å². The number of nitrogens with zero attached hydrogens (tertiary/aromatic N) is 4. The molecule has 0 spiro atoms. The Morgan fingerprint density at radius 3 is 2.86 bits per heavy atom. The highest BCUT2D eigenvalue weighted by molar-refractivity contribution is 7.93. The Morgan fingerprint density at radius 1 is 1.21 bits per heavy atom. The Labute approximate surface area is 173 Å². The molecule has 1 aliphatic rings. The first-order chi connectivity index (χ1) is 14.0. The number of aromatic nitrogens is 3. The number of hydrogen-bond donors (Lipinski definition) is 2. The highest BCUT2D eigenvalue weighted by Crippen LogP contribution is 2.28. The lowest BCUT2D eigenvalue weighted by molar-refractivity contribution is 0.102. The summed E-state index contributed by atoms with van der Waals surface area (Å²) in [5.74, 6) is 0.140. The zero-order chi connectivity index (χ0) is 20.4. The Balaban J connectivity index is 1.50. The number of carbonyl (C=O) groups is 1. The molecular weight excluding hydrogens is 386 g/mol. The van der Waals surface area contributed by atoms with Crippen LogP contribution in [0.25, 0.3) is 0 Å². The van der Waals surface area contributed by atoms with Crippen LogP contribution in [0.15, 0.2) is 53.9 Å². The van der Waals surface area contributed by atoms with Crippen LogP contribution in [0.5, 0.6) is 0 Å². The maximum atomic E-state index is 12.7. The minimum atomic E-state index is -0.247. The summed E-state index contributed by atoms with van der Waals surface area (Å²) in [7, 11) is 0. The number of pyridine rings is 1. The van der Waals surface area contributed by atoms with Gasteiger partial charge in [-0.15, -0.1) is 0 Å². The van der Waals surface area contributed by atoms with Crippen molar-refractivity contribution in [2.45, 2.75) is 38.0 Å². The van der Waals surface area contributed by atoms with E-state index in [1.807, 2.05) is 30.3 Å². The van der Waals surface area contributed by atoms with Crippen molar-refractivity contribution >= 4 is 29.3 Å². The van der Waals surface area contributed by atoms with E-state index < -0.39 is 0 Å². The van der Waals surface area contributed by atoms with Crippen LogP contribution in [0.1, 0.15) is 47.1 Å². The van der Waals surface area contributed by atoms with Crippen molar-refractivity contribution in [3.63, 3.8) is 0 Å². The summed E-state index contributed by atoms with van der Waals surface area (Å²) in [4.78, 5) is 27.5. The van der Waals surface area contributed by atoms with Crippen molar-refractivity contribution in [1.82, 2.24) is 15.0 Å². The quantitative estimate of drug-likeness (QED) is 0.480. The lowest BCUT2D eigenvalue weighted by Crippen LogP contribution is -2.18. The van der Waals surface area contributed by atoms with Gasteiger partial charge in [-0.05, 0) is 35.7 Å². The highest BCUT2D eigenvalue weighted by atomic mass is 32.2. The lowest BCUT2D eigenvalue weighted by atomic mass is 10.0. The fourth-order valence-corrected chi connectivity index (χ4v) is 3.52. The number of rotatable bonds is 5. The van der Waals surface area contributed by atoms with E-state index in [0.717, 1.165) is 22.6 Å². The SMILES string of the molecule is CC(C)c1cccc(NC(=O)c2cc(N3Cc4cnc(SO)nc4C3)ccn2)c1. The van der Waals surface area contributed by atoms with Crippen molar-refractivity contribution in [3.8, 4) is 0 Å². The van der Waals surface area contributed by atoms with Crippen LogP contribution in [-0.2, 0) is 13.1 Å². The summed E-state index contributed by atoms with van der Waals surface area (Å²) in [6, 6.07) is 11.5. The van der Waals surface area contributed by atoms with Gasteiger partial charge < -0.3 is 14.8 Å². The van der Waals surface area contributed by atoms with E-state index in [-0.39, 0.29) is 5.91 Å². The van der Waals surface area contributed by atoms with Crippen molar-refractivity contribution in [3.05, 3.63) is 71.3 Å². The fraction of sp³-hybridized carbons (Fsp3) is 0.238. The molecule has 0 fully saturated rings. The zero-order valence-electron chi connectivity index (χ0n) is 16.2. The summed E-state index contributed by atoms with van der Waals surface area (Å²) >= 11 is 0.538. The standard InChI is InChI=1S/C21H21N5O2S/c1-13(2)14-4-3-5-16(8-14)24-20(27)18-9-17(6-7-22-18)26-11-15-10-23-21(29-28)25-19(15)12-26/h3-10,13,28H,11-12H2,1-2H3,(H,24,27). The molecule has 1 aliphatic heterocycles. The van der Waals surface area contributed by atoms with Gasteiger partial charge in [0.15, 0.2) is 0 Å². The smallest absolute Gasteiger partial charge is 0.274 e. The molecule has 0 atom stereocenters. The van der Waals surface area contributed by atoms with Crippen LogP contribution in [-0.4, -0.2) is 25.4 Å². The Bertz CT molecular complexity index is 1060. The predicted octanol–water partition coefficient (Wildman–Crippen LogP) is 4.33. The van der Waals surface area contributed by atoms with E-state index >= 15 is 0 Å². The molecule has 1 aromatic carbocycles. The summed E-state index contributed by atoms with van der Waals surface area (Å²) in [6.07, 6.45) is 3.37. The largest absolute Gasteiger partial charge is 0.361 e. The highest BCUT2D eigenvalue weighted by Gasteiger charge is 2.22.